The summed E-state index contributed by atoms with van der Waals surface area (Å²) in [5.74, 6) is -0.00476. The number of rotatable bonds is 0. The molecule has 0 bridgehead atoms. The van der Waals surface area contributed by atoms with Gasteiger partial charge in [0.1, 0.15) is 11.6 Å². The second kappa shape index (κ2) is 4.99. The normalized spacial score (nSPS) is 18.7. The number of hydrogen-bond donors (Lipinski definition) is 0. The summed E-state index contributed by atoms with van der Waals surface area (Å²) >= 11 is 0. The zero-order valence-corrected chi connectivity index (χ0v) is 13.3. The average Bonchev–Trinajstić information content (AvgIpc) is 3.07. The van der Waals surface area contributed by atoms with Crippen LogP contribution < -0.4 is 5.56 Å². The predicted molar refractivity (Wildman–Crippen MR) is 90.3 cm³/mol. The summed E-state index contributed by atoms with van der Waals surface area (Å²) in [6.45, 7) is 0.634. The lowest BCUT2D eigenvalue weighted by Crippen LogP contribution is -2.31. The summed E-state index contributed by atoms with van der Waals surface area (Å²) in [7, 11) is 0. The van der Waals surface area contributed by atoms with Crippen LogP contribution in [0.2, 0.25) is 0 Å². The van der Waals surface area contributed by atoms with Crippen molar-refractivity contribution >= 4 is 16.8 Å². The molecule has 3 aromatic rings. The van der Waals surface area contributed by atoms with E-state index in [1.165, 1.54) is 22.8 Å². The maximum Gasteiger partial charge on any atom is 0.266 e. The largest absolute Gasteiger partial charge is 0.328 e. The number of hydrogen-bond acceptors (Lipinski definition) is 3. The fraction of sp³-hybridized carbons (Fsp3) is 0.211. The highest BCUT2D eigenvalue weighted by Gasteiger charge is 2.38. The smallest absolute Gasteiger partial charge is 0.266 e. The van der Waals surface area contributed by atoms with Gasteiger partial charge in [0.05, 0.1) is 28.2 Å². The number of halogens is 1. The van der Waals surface area contributed by atoms with E-state index in [2.05, 4.69) is 4.98 Å². The Morgan fingerprint density at radius 3 is 2.84 bits per heavy atom. The van der Waals surface area contributed by atoms with Crippen LogP contribution in [0.25, 0.3) is 16.6 Å². The van der Waals surface area contributed by atoms with E-state index in [1.54, 1.807) is 29.2 Å². The van der Waals surface area contributed by atoms with Crippen LogP contribution in [-0.4, -0.2) is 26.9 Å². The summed E-state index contributed by atoms with van der Waals surface area (Å²) in [6.07, 6.45) is 1.60. The lowest BCUT2D eigenvalue weighted by Gasteiger charge is -2.22. The SMILES string of the molecule is O=C1c2ccccc2-n2c(nc3cc(F)ccc3c2=O)[C@@H]2CCCN12. The van der Waals surface area contributed by atoms with E-state index in [9.17, 15) is 14.0 Å². The molecule has 0 saturated carbocycles. The fourth-order valence-electron chi connectivity index (χ4n) is 3.91. The average molecular weight is 335 g/mol. The molecule has 124 valence electrons. The molecule has 2 aliphatic rings. The molecule has 1 saturated heterocycles. The van der Waals surface area contributed by atoms with Gasteiger partial charge >= 0.3 is 0 Å². The van der Waals surface area contributed by atoms with E-state index < -0.39 is 5.82 Å². The molecule has 1 amide bonds. The monoisotopic (exact) mass is 335 g/mol. The first kappa shape index (κ1) is 14.3. The van der Waals surface area contributed by atoms with Crippen LogP contribution in [-0.2, 0) is 0 Å². The van der Waals surface area contributed by atoms with E-state index >= 15 is 0 Å². The molecule has 1 fully saturated rings. The van der Waals surface area contributed by atoms with Gasteiger partial charge in [-0.05, 0) is 37.1 Å². The third-order valence-corrected chi connectivity index (χ3v) is 5.04. The van der Waals surface area contributed by atoms with Gasteiger partial charge in [0.25, 0.3) is 11.5 Å². The lowest BCUT2D eigenvalue weighted by molar-refractivity contribution is 0.0736. The number of nitrogens with zero attached hydrogens (tertiary/aromatic N) is 3. The Hall–Kier alpha value is -3.02. The van der Waals surface area contributed by atoms with E-state index in [-0.39, 0.29) is 17.5 Å². The number of aromatic nitrogens is 2. The van der Waals surface area contributed by atoms with Gasteiger partial charge in [-0.2, -0.15) is 0 Å². The predicted octanol–water partition coefficient (Wildman–Crippen LogP) is 2.82. The Morgan fingerprint density at radius 2 is 1.96 bits per heavy atom. The van der Waals surface area contributed by atoms with Crippen molar-refractivity contribution in [1.82, 2.24) is 14.5 Å². The molecule has 5 nitrogen and oxygen atoms in total. The van der Waals surface area contributed by atoms with Crippen molar-refractivity contribution in [2.24, 2.45) is 0 Å². The molecule has 2 aliphatic heterocycles. The van der Waals surface area contributed by atoms with Crippen molar-refractivity contribution in [2.45, 2.75) is 18.9 Å². The summed E-state index contributed by atoms with van der Waals surface area (Å²) < 4.78 is 15.2. The topological polar surface area (TPSA) is 55.2 Å². The van der Waals surface area contributed by atoms with Crippen LogP contribution in [0.3, 0.4) is 0 Å². The molecule has 5 rings (SSSR count). The highest BCUT2D eigenvalue weighted by molar-refractivity contribution is 5.99. The standard InChI is InChI=1S/C19H14FN3O2/c20-11-7-8-12-14(10-11)21-17-16-6-3-9-22(16)18(24)13-4-1-2-5-15(13)23(17)19(12)25/h1-2,4-5,7-8,10,16H,3,6,9H2/t16-/m0/s1. The van der Waals surface area contributed by atoms with Gasteiger partial charge < -0.3 is 4.90 Å². The zero-order valence-electron chi connectivity index (χ0n) is 13.3. The number of para-hydroxylation sites is 1. The summed E-state index contributed by atoms with van der Waals surface area (Å²) in [4.78, 5) is 32.5. The quantitative estimate of drug-likeness (QED) is 0.635. The van der Waals surface area contributed by atoms with Crippen LogP contribution in [0.1, 0.15) is 35.1 Å². The Labute approximate surface area is 142 Å². The van der Waals surface area contributed by atoms with Crippen molar-refractivity contribution in [3.05, 3.63) is 70.0 Å². The van der Waals surface area contributed by atoms with Gasteiger partial charge in [0, 0.05) is 12.6 Å². The maximum atomic E-state index is 13.6. The molecule has 1 atom stereocenters. The molecule has 0 aliphatic carbocycles. The molecule has 6 heteroatoms. The van der Waals surface area contributed by atoms with Gasteiger partial charge in [-0.3, -0.25) is 14.2 Å². The van der Waals surface area contributed by atoms with Crippen LogP contribution in [0, 0.1) is 5.82 Å². The Kier molecular flexibility index (Phi) is 2.86. The molecule has 0 N–H and O–H groups in total. The first-order chi connectivity index (χ1) is 12.1. The molecule has 3 heterocycles. The maximum absolute atomic E-state index is 13.6. The Balaban J connectivity index is 1.95. The van der Waals surface area contributed by atoms with Gasteiger partial charge in [0.2, 0.25) is 0 Å². The van der Waals surface area contributed by atoms with Crippen LogP contribution in [0.4, 0.5) is 4.39 Å². The minimum absolute atomic E-state index is 0.0850. The number of carbonyl (C=O) groups excluding carboxylic acids is 1. The molecule has 2 aromatic carbocycles. The van der Waals surface area contributed by atoms with E-state index in [0.717, 1.165) is 12.8 Å². The molecular weight excluding hydrogens is 321 g/mol. The first-order valence-electron chi connectivity index (χ1n) is 8.28. The molecular formula is C19H14FN3O2. The number of amides is 1. The molecule has 25 heavy (non-hydrogen) atoms. The van der Waals surface area contributed by atoms with E-state index in [1.807, 2.05) is 0 Å². The molecule has 0 spiro atoms. The molecule has 0 radical (unpaired) electrons. The van der Waals surface area contributed by atoms with Gasteiger partial charge in [-0.15, -0.1) is 0 Å². The highest BCUT2D eigenvalue weighted by Crippen LogP contribution is 2.37. The van der Waals surface area contributed by atoms with Crippen molar-refractivity contribution in [3.63, 3.8) is 0 Å². The van der Waals surface area contributed by atoms with Crippen molar-refractivity contribution in [2.75, 3.05) is 6.54 Å². The van der Waals surface area contributed by atoms with Crippen molar-refractivity contribution in [1.29, 1.82) is 0 Å². The molecule has 1 aromatic heterocycles. The van der Waals surface area contributed by atoms with Crippen LogP contribution in [0.5, 0.6) is 0 Å². The van der Waals surface area contributed by atoms with Crippen molar-refractivity contribution in [3.8, 4) is 5.69 Å². The van der Waals surface area contributed by atoms with Gasteiger partial charge in [-0.1, -0.05) is 12.1 Å². The third kappa shape index (κ3) is 1.91. The number of fused-ring (bicyclic) bond motifs is 6. The summed E-state index contributed by atoms with van der Waals surface area (Å²) in [5, 5.41) is 0.346. The fourth-order valence-corrected chi connectivity index (χ4v) is 3.91. The zero-order chi connectivity index (χ0) is 17.1. The summed E-state index contributed by atoms with van der Waals surface area (Å²) in [6, 6.07) is 10.8. The minimum Gasteiger partial charge on any atom is -0.328 e. The van der Waals surface area contributed by atoms with E-state index in [4.69, 9.17) is 0 Å². The molecule has 0 unspecified atom stereocenters. The van der Waals surface area contributed by atoms with E-state index in [0.29, 0.717) is 34.5 Å². The Bertz CT molecular complexity index is 1110. The van der Waals surface area contributed by atoms with Crippen LogP contribution in [0.15, 0.2) is 47.3 Å². The number of carbonyl (C=O) groups is 1. The second-order valence-corrected chi connectivity index (χ2v) is 6.45. The van der Waals surface area contributed by atoms with Crippen LogP contribution >= 0.6 is 0 Å². The Morgan fingerprint density at radius 1 is 1.12 bits per heavy atom. The second-order valence-electron chi connectivity index (χ2n) is 6.45. The van der Waals surface area contributed by atoms with Gasteiger partial charge in [0.15, 0.2) is 0 Å². The summed E-state index contributed by atoms with van der Waals surface area (Å²) in [5.41, 5.74) is 1.10. The highest BCUT2D eigenvalue weighted by atomic mass is 19.1. The third-order valence-electron chi connectivity index (χ3n) is 5.04. The lowest BCUT2D eigenvalue weighted by atomic mass is 10.1. The first-order valence-corrected chi connectivity index (χ1v) is 8.28. The van der Waals surface area contributed by atoms with Crippen molar-refractivity contribution < 1.29 is 9.18 Å². The van der Waals surface area contributed by atoms with Gasteiger partial charge in [-0.25, -0.2) is 9.37 Å². The number of benzene rings is 2. The minimum atomic E-state index is -0.433.